The Morgan fingerprint density at radius 3 is 2.73 bits per heavy atom. The van der Waals surface area contributed by atoms with E-state index in [9.17, 15) is 4.79 Å². The summed E-state index contributed by atoms with van der Waals surface area (Å²) in [5, 5.41) is 3.22. The van der Waals surface area contributed by atoms with Gasteiger partial charge in [-0.15, -0.1) is 0 Å². The zero-order valence-electron chi connectivity index (χ0n) is 12.2. The van der Waals surface area contributed by atoms with Gasteiger partial charge < -0.3 is 10.1 Å². The minimum atomic E-state index is -0.257. The standard InChI is InChI=1S/C17H15BrClNO2/c1-11-3-7-16(22-2)12(9-11)4-8-17(21)20-15-6-5-13(18)10-14(15)19/h3-10H,1-2H3,(H,20,21)/b8-4+. The number of benzene rings is 2. The highest BCUT2D eigenvalue weighted by atomic mass is 79.9. The number of methoxy groups -OCH3 is 1. The predicted molar refractivity (Wildman–Crippen MR) is 94.5 cm³/mol. The molecular formula is C17H15BrClNO2. The van der Waals surface area contributed by atoms with Crippen molar-refractivity contribution in [3.8, 4) is 5.75 Å². The second-order valence-electron chi connectivity index (χ2n) is 4.69. The minimum Gasteiger partial charge on any atom is -0.496 e. The Balaban J connectivity index is 2.13. The van der Waals surface area contributed by atoms with Gasteiger partial charge in [-0.05, 0) is 43.3 Å². The lowest BCUT2D eigenvalue weighted by molar-refractivity contribution is -0.111. The van der Waals surface area contributed by atoms with E-state index < -0.39 is 0 Å². The van der Waals surface area contributed by atoms with Crippen molar-refractivity contribution in [2.45, 2.75) is 6.92 Å². The molecule has 0 fully saturated rings. The van der Waals surface area contributed by atoms with Gasteiger partial charge in [0.1, 0.15) is 5.75 Å². The molecule has 0 saturated carbocycles. The SMILES string of the molecule is COc1ccc(C)cc1/C=C/C(=O)Nc1ccc(Br)cc1Cl. The Kier molecular flexibility index (Phi) is 5.63. The van der Waals surface area contributed by atoms with Crippen LogP contribution in [0.2, 0.25) is 5.02 Å². The van der Waals surface area contributed by atoms with Crippen molar-refractivity contribution < 1.29 is 9.53 Å². The number of hydrogen-bond donors (Lipinski definition) is 1. The number of carbonyl (C=O) groups is 1. The summed E-state index contributed by atoms with van der Waals surface area (Å²) in [6, 6.07) is 11.1. The number of rotatable bonds is 4. The van der Waals surface area contributed by atoms with Crippen LogP contribution >= 0.6 is 27.5 Å². The molecule has 0 aliphatic carbocycles. The Morgan fingerprint density at radius 2 is 2.05 bits per heavy atom. The molecule has 0 unspecified atom stereocenters. The third kappa shape index (κ3) is 4.36. The van der Waals surface area contributed by atoms with Crippen molar-refractivity contribution in [2.24, 2.45) is 0 Å². The summed E-state index contributed by atoms with van der Waals surface area (Å²) in [5.41, 5.74) is 2.51. The largest absolute Gasteiger partial charge is 0.496 e. The quantitative estimate of drug-likeness (QED) is 0.752. The Labute approximate surface area is 143 Å². The second kappa shape index (κ2) is 7.47. The lowest BCUT2D eigenvalue weighted by Gasteiger charge is -2.07. The molecule has 0 heterocycles. The normalized spacial score (nSPS) is 10.7. The molecule has 0 aliphatic heterocycles. The van der Waals surface area contributed by atoms with E-state index in [1.165, 1.54) is 6.08 Å². The molecule has 0 saturated heterocycles. The summed E-state index contributed by atoms with van der Waals surface area (Å²) >= 11 is 9.39. The smallest absolute Gasteiger partial charge is 0.248 e. The molecule has 0 aromatic heterocycles. The topological polar surface area (TPSA) is 38.3 Å². The van der Waals surface area contributed by atoms with Crippen molar-refractivity contribution in [3.05, 3.63) is 63.1 Å². The molecule has 0 aliphatic rings. The van der Waals surface area contributed by atoms with Gasteiger partial charge in [-0.25, -0.2) is 0 Å². The number of ether oxygens (including phenoxy) is 1. The first-order valence-corrected chi connectivity index (χ1v) is 7.75. The predicted octanol–water partition coefficient (Wildman–Crippen LogP) is 5.07. The number of halogens is 2. The van der Waals surface area contributed by atoms with Crippen LogP contribution in [0.15, 0.2) is 46.9 Å². The van der Waals surface area contributed by atoms with Gasteiger partial charge in [0.25, 0.3) is 0 Å². The Bertz CT molecular complexity index is 729. The number of hydrogen-bond acceptors (Lipinski definition) is 2. The highest BCUT2D eigenvalue weighted by Gasteiger charge is 2.05. The molecule has 0 radical (unpaired) electrons. The van der Waals surface area contributed by atoms with Gasteiger partial charge in [-0.1, -0.05) is 39.2 Å². The van der Waals surface area contributed by atoms with Crippen molar-refractivity contribution >= 4 is 45.2 Å². The second-order valence-corrected chi connectivity index (χ2v) is 6.02. The first-order valence-electron chi connectivity index (χ1n) is 6.58. The molecule has 0 bridgehead atoms. The van der Waals surface area contributed by atoms with Gasteiger partial charge >= 0.3 is 0 Å². The fraction of sp³-hybridized carbons (Fsp3) is 0.118. The molecule has 22 heavy (non-hydrogen) atoms. The first-order chi connectivity index (χ1) is 10.5. The average Bonchev–Trinajstić information content (AvgIpc) is 2.48. The maximum Gasteiger partial charge on any atom is 0.248 e. The average molecular weight is 381 g/mol. The van der Waals surface area contributed by atoms with Crippen LogP contribution in [-0.2, 0) is 4.79 Å². The van der Waals surface area contributed by atoms with Gasteiger partial charge in [0, 0.05) is 16.1 Å². The van der Waals surface area contributed by atoms with Crippen molar-refractivity contribution in [1.29, 1.82) is 0 Å². The summed E-state index contributed by atoms with van der Waals surface area (Å²) in [7, 11) is 1.60. The summed E-state index contributed by atoms with van der Waals surface area (Å²) in [4.78, 5) is 12.0. The van der Waals surface area contributed by atoms with E-state index in [0.717, 1.165) is 21.3 Å². The lowest BCUT2D eigenvalue weighted by Crippen LogP contribution is -2.08. The summed E-state index contributed by atoms with van der Waals surface area (Å²) in [6.07, 6.45) is 3.17. The van der Waals surface area contributed by atoms with Crippen LogP contribution in [0.4, 0.5) is 5.69 Å². The van der Waals surface area contributed by atoms with Crippen molar-refractivity contribution in [3.63, 3.8) is 0 Å². The molecule has 3 nitrogen and oxygen atoms in total. The van der Waals surface area contributed by atoms with Crippen LogP contribution in [0, 0.1) is 6.92 Å². The summed E-state index contributed by atoms with van der Waals surface area (Å²) in [5.74, 6) is 0.462. The molecule has 2 aromatic carbocycles. The third-order valence-electron chi connectivity index (χ3n) is 2.99. The highest BCUT2D eigenvalue weighted by Crippen LogP contribution is 2.26. The number of amides is 1. The fourth-order valence-electron chi connectivity index (χ4n) is 1.91. The molecule has 0 atom stereocenters. The Hall–Kier alpha value is -1.78. The van der Waals surface area contributed by atoms with Crippen LogP contribution in [0.1, 0.15) is 11.1 Å². The molecule has 2 aromatic rings. The van der Waals surface area contributed by atoms with E-state index in [4.69, 9.17) is 16.3 Å². The zero-order chi connectivity index (χ0) is 16.1. The molecule has 0 spiro atoms. The third-order valence-corrected chi connectivity index (χ3v) is 3.79. The molecule has 1 N–H and O–H groups in total. The van der Waals surface area contributed by atoms with Crippen LogP contribution in [-0.4, -0.2) is 13.0 Å². The van der Waals surface area contributed by atoms with Crippen LogP contribution in [0.5, 0.6) is 5.75 Å². The fourth-order valence-corrected chi connectivity index (χ4v) is 2.64. The molecule has 114 valence electrons. The monoisotopic (exact) mass is 379 g/mol. The summed E-state index contributed by atoms with van der Waals surface area (Å²) < 4.78 is 6.13. The van der Waals surface area contributed by atoms with E-state index >= 15 is 0 Å². The van der Waals surface area contributed by atoms with E-state index in [1.807, 2.05) is 31.2 Å². The van der Waals surface area contributed by atoms with Gasteiger partial charge in [-0.3, -0.25) is 4.79 Å². The minimum absolute atomic E-state index is 0.257. The van der Waals surface area contributed by atoms with E-state index in [0.29, 0.717) is 10.7 Å². The molecule has 5 heteroatoms. The molecule has 1 amide bonds. The van der Waals surface area contributed by atoms with E-state index in [1.54, 1.807) is 25.3 Å². The number of carbonyl (C=O) groups excluding carboxylic acids is 1. The maximum absolute atomic E-state index is 12.0. The Morgan fingerprint density at radius 1 is 1.27 bits per heavy atom. The van der Waals surface area contributed by atoms with Crippen LogP contribution < -0.4 is 10.1 Å². The molecule has 2 rings (SSSR count). The first kappa shape index (κ1) is 16.6. The zero-order valence-corrected chi connectivity index (χ0v) is 14.5. The number of aryl methyl sites for hydroxylation is 1. The van der Waals surface area contributed by atoms with Gasteiger partial charge in [0.15, 0.2) is 0 Å². The lowest BCUT2D eigenvalue weighted by atomic mass is 10.1. The van der Waals surface area contributed by atoms with Crippen molar-refractivity contribution in [2.75, 3.05) is 12.4 Å². The number of nitrogens with one attached hydrogen (secondary N) is 1. The van der Waals surface area contributed by atoms with E-state index in [-0.39, 0.29) is 5.91 Å². The van der Waals surface area contributed by atoms with Gasteiger partial charge in [0.05, 0.1) is 17.8 Å². The maximum atomic E-state index is 12.0. The highest BCUT2D eigenvalue weighted by molar-refractivity contribution is 9.10. The van der Waals surface area contributed by atoms with E-state index in [2.05, 4.69) is 21.2 Å². The van der Waals surface area contributed by atoms with Gasteiger partial charge in [0.2, 0.25) is 5.91 Å². The van der Waals surface area contributed by atoms with Crippen LogP contribution in [0.25, 0.3) is 6.08 Å². The van der Waals surface area contributed by atoms with Crippen molar-refractivity contribution in [1.82, 2.24) is 0 Å². The van der Waals surface area contributed by atoms with Gasteiger partial charge in [-0.2, -0.15) is 0 Å². The number of anilines is 1. The molecular weight excluding hydrogens is 366 g/mol. The van der Waals surface area contributed by atoms with Crippen LogP contribution in [0.3, 0.4) is 0 Å². The summed E-state index contributed by atoms with van der Waals surface area (Å²) in [6.45, 7) is 1.98.